The first-order valence-corrected chi connectivity index (χ1v) is 12.6. The maximum Gasteiger partial charge on any atom is 0.303 e. The number of carboxylic acids is 1. The minimum atomic E-state index is -0.901. The van der Waals surface area contributed by atoms with Gasteiger partial charge in [0.15, 0.2) is 0 Å². The SMILES string of the molecule is COc1cccc(C2CN(Cc3ccccc3)C(=O)C23CCN(C(=O)CC(C)(C)CC(=O)O)CC3)c1. The number of hydrogen-bond acceptors (Lipinski definition) is 4. The summed E-state index contributed by atoms with van der Waals surface area (Å²) in [6.07, 6.45) is 1.30. The van der Waals surface area contributed by atoms with Crippen molar-refractivity contribution in [3.63, 3.8) is 0 Å². The third-order valence-electron chi connectivity index (χ3n) is 7.76. The van der Waals surface area contributed by atoms with Crippen molar-refractivity contribution in [3.05, 3.63) is 65.7 Å². The zero-order chi connectivity index (χ0) is 25.9. The first-order chi connectivity index (χ1) is 17.1. The summed E-state index contributed by atoms with van der Waals surface area (Å²) in [6, 6.07) is 18.0. The van der Waals surface area contributed by atoms with Gasteiger partial charge in [-0.3, -0.25) is 14.4 Å². The second-order valence-electron chi connectivity index (χ2n) is 10.9. The Morgan fingerprint density at radius 2 is 1.75 bits per heavy atom. The minimum Gasteiger partial charge on any atom is -0.497 e. The zero-order valence-corrected chi connectivity index (χ0v) is 21.4. The highest BCUT2D eigenvalue weighted by atomic mass is 16.5. The van der Waals surface area contributed by atoms with E-state index in [4.69, 9.17) is 4.74 Å². The number of piperidine rings is 1. The molecule has 0 bridgehead atoms. The number of methoxy groups -OCH3 is 1. The predicted octanol–water partition coefficient (Wildman–Crippen LogP) is 4.32. The molecule has 7 heteroatoms. The topological polar surface area (TPSA) is 87.2 Å². The maximum absolute atomic E-state index is 14.0. The Labute approximate surface area is 213 Å². The Bertz CT molecular complexity index is 1110. The monoisotopic (exact) mass is 492 g/mol. The molecule has 2 aromatic carbocycles. The van der Waals surface area contributed by atoms with Crippen molar-refractivity contribution in [1.29, 1.82) is 0 Å². The Morgan fingerprint density at radius 3 is 2.39 bits per heavy atom. The molecular formula is C29H36N2O5. The summed E-state index contributed by atoms with van der Waals surface area (Å²) >= 11 is 0. The van der Waals surface area contributed by atoms with Crippen LogP contribution in [0, 0.1) is 10.8 Å². The lowest BCUT2D eigenvalue weighted by atomic mass is 9.67. The standard InChI is InChI=1S/C29H36N2O5/c1-28(2,18-26(33)34)17-25(32)30-14-12-29(13-15-30)24(22-10-7-11-23(16-22)36-3)20-31(27(29)35)19-21-8-5-4-6-9-21/h4-11,16,24H,12-15,17-20H2,1-3H3,(H,33,34). The van der Waals surface area contributed by atoms with E-state index in [0.29, 0.717) is 39.0 Å². The first kappa shape index (κ1) is 25.7. The molecular weight excluding hydrogens is 456 g/mol. The van der Waals surface area contributed by atoms with Crippen LogP contribution in [0.4, 0.5) is 0 Å². The van der Waals surface area contributed by atoms with Crippen molar-refractivity contribution < 1.29 is 24.2 Å². The van der Waals surface area contributed by atoms with Crippen LogP contribution in [0.5, 0.6) is 5.75 Å². The molecule has 36 heavy (non-hydrogen) atoms. The number of carbonyl (C=O) groups is 3. The summed E-state index contributed by atoms with van der Waals surface area (Å²) in [5.74, 6) is -0.0194. The molecule has 0 radical (unpaired) electrons. The molecule has 1 unspecified atom stereocenters. The zero-order valence-electron chi connectivity index (χ0n) is 21.4. The van der Waals surface area contributed by atoms with E-state index >= 15 is 0 Å². The number of carbonyl (C=O) groups excluding carboxylic acids is 2. The molecule has 2 saturated heterocycles. The van der Waals surface area contributed by atoms with Gasteiger partial charge in [0.2, 0.25) is 11.8 Å². The van der Waals surface area contributed by atoms with E-state index in [9.17, 15) is 19.5 Å². The molecule has 1 atom stereocenters. The van der Waals surface area contributed by atoms with Crippen LogP contribution in [-0.4, -0.2) is 59.4 Å². The van der Waals surface area contributed by atoms with E-state index in [0.717, 1.165) is 16.9 Å². The van der Waals surface area contributed by atoms with Crippen LogP contribution in [-0.2, 0) is 20.9 Å². The first-order valence-electron chi connectivity index (χ1n) is 12.6. The Morgan fingerprint density at radius 1 is 1.06 bits per heavy atom. The molecule has 2 amide bonds. The normalized spacial score (nSPS) is 19.5. The summed E-state index contributed by atoms with van der Waals surface area (Å²) in [5.41, 5.74) is 0.993. The molecule has 192 valence electrons. The highest BCUT2D eigenvalue weighted by Gasteiger charge is 2.55. The van der Waals surface area contributed by atoms with E-state index in [-0.39, 0.29) is 30.6 Å². The Balaban J connectivity index is 1.55. The number of rotatable bonds is 8. The third-order valence-corrected chi connectivity index (χ3v) is 7.76. The summed E-state index contributed by atoms with van der Waals surface area (Å²) in [7, 11) is 1.65. The van der Waals surface area contributed by atoms with Crippen molar-refractivity contribution in [2.45, 2.75) is 52.0 Å². The number of nitrogens with zero attached hydrogens (tertiary/aromatic N) is 2. The number of benzene rings is 2. The summed E-state index contributed by atoms with van der Waals surface area (Å²) in [5, 5.41) is 9.17. The van der Waals surface area contributed by atoms with Gasteiger partial charge >= 0.3 is 5.97 Å². The lowest BCUT2D eigenvalue weighted by molar-refractivity contribution is -0.145. The molecule has 0 saturated carbocycles. The van der Waals surface area contributed by atoms with Gasteiger partial charge in [-0.1, -0.05) is 56.3 Å². The highest BCUT2D eigenvalue weighted by molar-refractivity contribution is 5.87. The van der Waals surface area contributed by atoms with E-state index in [1.165, 1.54) is 0 Å². The van der Waals surface area contributed by atoms with Crippen molar-refractivity contribution in [2.75, 3.05) is 26.7 Å². The van der Waals surface area contributed by atoms with Gasteiger partial charge in [0.1, 0.15) is 5.75 Å². The quantitative estimate of drug-likeness (QED) is 0.593. The largest absolute Gasteiger partial charge is 0.497 e. The van der Waals surface area contributed by atoms with Gasteiger partial charge in [0.25, 0.3) is 0 Å². The fraction of sp³-hybridized carbons (Fsp3) is 0.483. The van der Waals surface area contributed by atoms with Crippen LogP contribution in [0.3, 0.4) is 0 Å². The van der Waals surface area contributed by atoms with Gasteiger partial charge in [-0.05, 0) is 41.5 Å². The Hall–Kier alpha value is -3.35. The Kier molecular flexibility index (Phi) is 7.38. The summed E-state index contributed by atoms with van der Waals surface area (Å²) in [4.78, 5) is 42.0. The van der Waals surface area contributed by atoms with E-state index in [1.807, 2.05) is 72.2 Å². The molecule has 0 aromatic heterocycles. The van der Waals surface area contributed by atoms with Crippen molar-refractivity contribution in [1.82, 2.24) is 9.80 Å². The van der Waals surface area contributed by atoms with Crippen LogP contribution in [0.1, 0.15) is 56.6 Å². The van der Waals surface area contributed by atoms with Gasteiger partial charge in [-0.2, -0.15) is 0 Å². The number of likely N-dealkylation sites (tertiary alicyclic amines) is 2. The highest BCUT2D eigenvalue weighted by Crippen LogP contribution is 2.51. The van der Waals surface area contributed by atoms with Crippen molar-refractivity contribution in [2.24, 2.45) is 10.8 Å². The molecule has 2 aliphatic rings. The molecule has 2 aromatic rings. The van der Waals surface area contributed by atoms with Crippen molar-refractivity contribution in [3.8, 4) is 5.75 Å². The smallest absolute Gasteiger partial charge is 0.303 e. The molecule has 7 nitrogen and oxygen atoms in total. The summed E-state index contributed by atoms with van der Waals surface area (Å²) in [6.45, 7) is 5.80. The van der Waals surface area contributed by atoms with Gasteiger partial charge in [0, 0.05) is 38.5 Å². The second-order valence-corrected chi connectivity index (χ2v) is 10.9. The molecule has 2 heterocycles. The van der Waals surface area contributed by atoms with Crippen LogP contribution in [0.25, 0.3) is 0 Å². The predicted molar refractivity (Wildman–Crippen MR) is 136 cm³/mol. The average molecular weight is 493 g/mol. The number of carboxylic acid groups (broad SMARTS) is 1. The van der Waals surface area contributed by atoms with Gasteiger partial charge in [0.05, 0.1) is 18.9 Å². The number of aliphatic carboxylic acids is 1. The molecule has 2 aliphatic heterocycles. The van der Waals surface area contributed by atoms with Gasteiger partial charge in [-0.25, -0.2) is 0 Å². The summed E-state index contributed by atoms with van der Waals surface area (Å²) < 4.78 is 5.47. The third kappa shape index (κ3) is 5.40. The van der Waals surface area contributed by atoms with Crippen LogP contribution in [0.2, 0.25) is 0 Å². The van der Waals surface area contributed by atoms with Crippen LogP contribution < -0.4 is 4.74 Å². The van der Waals surface area contributed by atoms with Gasteiger partial charge < -0.3 is 19.6 Å². The number of amides is 2. The van der Waals surface area contributed by atoms with E-state index in [1.54, 1.807) is 7.11 Å². The fourth-order valence-corrected chi connectivity index (χ4v) is 5.88. The molecule has 1 spiro atoms. The van der Waals surface area contributed by atoms with Gasteiger partial charge in [-0.15, -0.1) is 0 Å². The molecule has 0 aliphatic carbocycles. The molecule has 1 N–H and O–H groups in total. The van der Waals surface area contributed by atoms with Crippen molar-refractivity contribution >= 4 is 17.8 Å². The van der Waals surface area contributed by atoms with E-state index < -0.39 is 16.8 Å². The minimum absolute atomic E-state index is 0.00418. The lowest BCUT2D eigenvalue weighted by Crippen LogP contribution is -2.48. The van der Waals surface area contributed by atoms with Crippen LogP contribution in [0.15, 0.2) is 54.6 Å². The van der Waals surface area contributed by atoms with E-state index in [2.05, 4.69) is 6.07 Å². The fourth-order valence-electron chi connectivity index (χ4n) is 5.88. The maximum atomic E-state index is 14.0. The number of ether oxygens (including phenoxy) is 1. The number of hydrogen-bond donors (Lipinski definition) is 1. The molecule has 4 rings (SSSR count). The second kappa shape index (κ2) is 10.3. The average Bonchev–Trinajstić information content (AvgIpc) is 3.10. The lowest BCUT2D eigenvalue weighted by Gasteiger charge is -2.42. The molecule has 2 fully saturated rings. The van der Waals surface area contributed by atoms with Crippen LogP contribution >= 0.6 is 0 Å².